The third-order valence-electron chi connectivity index (χ3n) is 5.31. The van der Waals surface area contributed by atoms with Crippen molar-refractivity contribution in [2.75, 3.05) is 0 Å². The molecule has 1 saturated carbocycles. The fraction of sp³-hybridized carbons (Fsp3) is 0.444. The van der Waals surface area contributed by atoms with E-state index in [9.17, 15) is 14.7 Å². The Bertz CT molecular complexity index is 789. The molecule has 130 valence electrons. The van der Waals surface area contributed by atoms with Crippen LogP contribution < -0.4 is 0 Å². The van der Waals surface area contributed by atoms with Gasteiger partial charge in [-0.15, -0.1) is 5.10 Å². The number of likely N-dealkylation sites (tertiary alicyclic amines) is 1. The molecular formula is C18H20N4O3. The smallest absolute Gasteiger partial charge is 0.326 e. The number of carboxylic acids is 1. The SMILES string of the molecule is O=C(O)C1CC2CCCCC2N1C(=O)c1ncn(-c2ccccc2)n1. The minimum absolute atomic E-state index is 0.00831. The lowest BCUT2D eigenvalue weighted by Crippen LogP contribution is -2.46. The zero-order valence-electron chi connectivity index (χ0n) is 13.8. The van der Waals surface area contributed by atoms with Crippen molar-refractivity contribution in [3.8, 4) is 5.69 Å². The quantitative estimate of drug-likeness (QED) is 0.924. The van der Waals surface area contributed by atoms with Crippen molar-refractivity contribution >= 4 is 11.9 Å². The number of para-hydroxylation sites is 1. The van der Waals surface area contributed by atoms with Gasteiger partial charge in [0.15, 0.2) is 0 Å². The van der Waals surface area contributed by atoms with Crippen LogP contribution in [0, 0.1) is 5.92 Å². The van der Waals surface area contributed by atoms with Crippen LogP contribution in [0.5, 0.6) is 0 Å². The zero-order chi connectivity index (χ0) is 17.4. The van der Waals surface area contributed by atoms with Crippen LogP contribution in [-0.2, 0) is 4.79 Å². The van der Waals surface area contributed by atoms with Crippen molar-refractivity contribution in [3.63, 3.8) is 0 Å². The third kappa shape index (κ3) is 2.79. The van der Waals surface area contributed by atoms with Crippen molar-refractivity contribution in [2.45, 2.75) is 44.2 Å². The van der Waals surface area contributed by atoms with Gasteiger partial charge in [-0.25, -0.2) is 14.5 Å². The molecule has 1 aromatic heterocycles. The number of aromatic nitrogens is 3. The molecule has 3 atom stereocenters. The summed E-state index contributed by atoms with van der Waals surface area (Å²) in [5.41, 5.74) is 0.806. The van der Waals surface area contributed by atoms with E-state index >= 15 is 0 Å². The number of amides is 1. The van der Waals surface area contributed by atoms with Gasteiger partial charge in [-0.3, -0.25) is 4.79 Å². The highest BCUT2D eigenvalue weighted by Crippen LogP contribution is 2.40. The molecule has 1 aliphatic carbocycles. The van der Waals surface area contributed by atoms with Crippen LogP contribution in [0.15, 0.2) is 36.7 Å². The second-order valence-electron chi connectivity index (χ2n) is 6.76. The van der Waals surface area contributed by atoms with Crippen molar-refractivity contribution in [2.24, 2.45) is 5.92 Å². The highest BCUT2D eigenvalue weighted by Gasteiger charge is 2.48. The van der Waals surface area contributed by atoms with Gasteiger partial charge in [0.25, 0.3) is 5.91 Å². The number of hydrogen-bond acceptors (Lipinski definition) is 4. The number of fused-ring (bicyclic) bond motifs is 1. The number of nitrogens with zero attached hydrogens (tertiary/aromatic N) is 4. The Morgan fingerprint density at radius 2 is 1.88 bits per heavy atom. The molecule has 4 rings (SSSR count). The second kappa shape index (κ2) is 6.31. The third-order valence-corrected chi connectivity index (χ3v) is 5.31. The Labute approximate surface area is 145 Å². The van der Waals surface area contributed by atoms with Crippen LogP contribution in [0.4, 0.5) is 0 Å². The fourth-order valence-electron chi connectivity index (χ4n) is 4.15. The van der Waals surface area contributed by atoms with Crippen LogP contribution in [0.1, 0.15) is 42.7 Å². The maximum Gasteiger partial charge on any atom is 0.326 e. The highest BCUT2D eigenvalue weighted by atomic mass is 16.4. The molecule has 2 fully saturated rings. The summed E-state index contributed by atoms with van der Waals surface area (Å²) in [6.07, 6.45) is 6.02. The van der Waals surface area contributed by atoms with Crippen molar-refractivity contribution in [1.29, 1.82) is 0 Å². The van der Waals surface area contributed by atoms with E-state index in [1.165, 1.54) is 15.9 Å². The Balaban J connectivity index is 1.63. The van der Waals surface area contributed by atoms with Crippen molar-refractivity contribution in [1.82, 2.24) is 19.7 Å². The highest BCUT2D eigenvalue weighted by molar-refractivity contribution is 5.94. The molecule has 0 spiro atoms. The standard InChI is InChI=1S/C18H20N4O3/c23-17(16-19-11-21(20-16)13-7-2-1-3-8-13)22-14-9-5-4-6-12(14)10-15(22)18(24)25/h1-3,7-8,11-12,14-15H,4-6,9-10H2,(H,24,25). The van der Waals surface area contributed by atoms with E-state index in [1.54, 1.807) is 0 Å². The average molecular weight is 340 g/mol. The molecule has 2 aliphatic rings. The van der Waals surface area contributed by atoms with Gasteiger partial charge in [-0.05, 0) is 37.3 Å². The molecule has 7 nitrogen and oxygen atoms in total. The van der Waals surface area contributed by atoms with Gasteiger partial charge in [0.05, 0.1) is 5.69 Å². The summed E-state index contributed by atoms with van der Waals surface area (Å²) in [5, 5.41) is 13.8. The first-order chi connectivity index (χ1) is 12.1. The molecule has 2 heterocycles. The molecule has 1 amide bonds. The number of carbonyl (C=O) groups excluding carboxylic acids is 1. The Hall–Kier alpha value is -2.70. The van der Waals surface area contributed by atoms with E-state index in [4.69, 9.17) is 0 Å². The van der Waals surface area contributed by atoms with Gasteiger partial charge in [0.1, 0.15) is 12.4 Å². The Morgan fingerprint density at radius 3 is 2.64 bits per heavy atom. The van der Waals surface area contributed by atoms with Gasteiger partial charge < -0.3 is 10.0 Å². The van der Waals surface area contributed by atoms with Crippen LogP contribution in [-0.4, -0.2) is 48.7 Å². The van der Waals surface area contributed by atoms with E-state index in [0.717, 1.165) is 31.4 Å². The van der Waals surface area contributed by atoms with E-state index in [2.05, 4.69) is 10.1 Å². The predicted octanol–water partition coefficient (Wildman–Crippen LogP) is 2.13. The number of rotatable bonds is 3. The molecule has 1 aromatic carbocycles. The molecule has 0 bridgehead atoms. The molecule has 1 N–H and O–H groups in total. The van der Waals surface area contributed by atoms with E-state index in [0.29, 0.717) is 6.42 Å². The van der Waals surface area contributed by atoms with Crippen LogP contribution >= 0.6 is 0 Å². The number of aliphatic carboxylic acids is 1. The minimum atomic E-state index is -0.940. The zero-order valence-corrected chi connectivity index (χ0v) is 13.8. The number of benzene rings is 1. The average Bonchev–Trinajstić information content (AvgIpc) is 3.27. The largest absolute Gasteiger partial charge is 0.480 e. The van der Waals surface area contributed by atoms with Gasteiger partial charge in [0.2, 0.25) is 5.82 Å². The van der Waals surface area contributed by atoms with E-state index < -0.39 is 12.0 Å². The van der Waals surface area contributed by atoms with E-state index in [-0.39, 0.29) is 23.7 Å². The summed E-state index contributed by atoms with van der Waals surface area (Å²) in [7, 11) is 0. The predicted molar refractivity (Wildman–Crippen MR) is 89.3 cm³/mol. The number of hydrogen-bond donors (Lipinski definition) is 1. The van der Waals surface area contributed by atoms with Crippen molar-refractivity contribution < 1.29 is 14.7 Å². The summed E-state index contributed by atoms with van der Waals surface area (Å²) < 4.78 is 1.54. The summed E-state index contributed by atoms with van der Waals surface area (Å²) in [6.45, 7) is 0. The minimum Gasteiger partial charge on any atom is -0.480 e. The second-order valence-corrected chi connectivity index (χ2v) is 6.76. The first-order valence-corrected chi connectivity index (χ1v) is 8.67. The number of carboxylic acid groups (broad SMARTS) is 1. The summed E-state index contributed by atoms with van der Waals surface area (Å²) in [4.78, 5) is 30.3. The first kappa shape index (κ1) is 15.8. The Morgan fingerprint density at radius 1 is 1.12 bits per heavy atom. The molecular weight excluding hydrogens is 320 g/mol. The van der Waals surface area contributed by atoms with Gasteiger partial charge in [0, 0.05) is 6.04 Å². The molecule has 0 radical (unpaired) electrons. The molecule has 3 unspecified atom stereocenters. The van der Waals surface area contributed by atoms with Gasteiger partial charge in [-0.2, -0.15) is 0 Å². The lowest BCUT2D eigenvalue weighted by molar-refractivity contribution is -0.141. The van der Waals surface area contributed by atoms with Crippen LogP contribution in [0.25, 0.3) is 5.69 Å². The lowest BCUT2D eigenvalue weighted by atomic mass is 9.85. The topological polar surface area (TPSA) is 88.3 Å². The van der Waals surface area contributed by atoms with Gasteiger partial charge >= 0.3 is 5.97 Å². The lowest BCUT2D eigenvalue weighted by Gasteiger charge is -2.32. The number of carbonyl (C=O) groups is 2. The van der Waals surface area contributed by atoms with Gasteiger partial charge in [-0.1, -0.05) is 31.0 Å². The van der Waals surface area contributed by atoms with Crippen LogP contribution in [0.3, 0.4) is 0 Å². The first-order valence-electron chi connectivity index (χ1n) is 8.67. The molecule has 2 aromatic rings. The Kier molecular flexibility index (Phi) is 3.99. The van der Waals surface area contributed by atoms with E-state index in [1.807, 2.05) is 30.3 Å². The van der Waals surface area contributed by atoms with Crippen LogP contribution in [0.2, 0.25) is 0 Å². The molecule has 7 heteroatoms. The van der Waals surface area contributed by atoms with Crippen molar-refractivity contribution in [3.05, 3.63) is 42.5 Å². The maximum atomic E-state index is 13.0. The summed E-state index contributed by atoms with van der Waals surface area (Å²) >= 11 is 0. The normalized spacial score (nSPS) is 25.6. The fourth-order valence-corrected chi connectivity index (χ4v) is 4.15. The molecule has 1 aliphatic heterocycles. The summed E-state index contributed by atoms with van der Waals surface area (Å²) in [6, 6.07) is 8.62. The monoisotopic (exact) mass is 340 g/mol. The molecule has 25 heavy (non-hydrogen) atoms. The summed E-state index contributed by atoms with van der Waals surface area (Å²) in [5.74, 6) is -0.988. The molecule has 1 saturated heterocycles. The maximum absolute atomic E-state index is 13.0.